The Labute approximate surface area is 135 Å². The van der Waals surface area contributed by atoms with Crippen LogP contribution in [0.2, 0.25) is 0 Å². The van der Waals surface area contributed by atoms with Crippen LogP contribution in [0.15, 0.2) is 35.9 Å². The van der Waals surface area contributed by atoms with Crippen LogP contribution in [-0.4, -0.2) is 15.8 Å². The number of nitrogens with zero attached hydrogens (tertiary/aromatic N) is 1. The number of carbonyl (C=O) groups excluding carboxylic acids is 1. The molecule has 0 heterocycles. The first-order valence-electron chi connectivity index (χ1n) is 7.04. The Morgan fingerprint density at radius 3 is 2.62 bits per heavy atom. The van der Waals surface area contributed by atoms with Crippen molar-refractivity contribution in [3.8, 4) is 11.5 Å². The lowest BCUT2D eigenvalue weighted by molar-refractivity contribution is -0.398. The number of Topliss-reactive ketones (excluding diaryl/α,β-unsaturated/α-hetero) is 1. The van der Waals surface area contributed by atoms with Gasteiger partial charge in [-0.1, -0.05) is 19.1 Å². The predicted octanol–water partition coefficient (Wildman–Crippen LogP) is 2.90. The normalized spacial score (nSPS) is 18.0. The molecule has 122 valence electrons. The number of fused-ring (bicyclic) bond motifs is 1. The van der Waals surface area contributed by atoms with E-state index < -0.39 is 33.9 Å². The second-order valence-corrected chi connectivity index (χ2v) is 5.49. The lowest BCUT2D eigenvalue weighted by atomic mass is 9.97. The number of halogens is 1. The Balaban J connectivity index is 2.12. The van der Waals surface area contributed by atoms with Crippen LogP contribution < -0.4 is 5.11 Å². The van der Waals surface area contributed by atoms with Gasteiger partial charge in [0.1, 0.15) is 11.6 Å². The first-order valence-corrected chi connectivity index (χ1v) is 7.04. The maximum absolute atomic E-state index is 14.0. The minimum atomic E-state index is -0.801. The van der Waals surface area contributed by atoms with Gasteiger partial charge in [0.25, 0.3) is 5.69 Å². The van der Waals surface area contributed by atoms with Gasteiger partial charge in [0.05, 0.1) is 10.5 Å². The molecule has 0 saturated heterocycles. The van der Waals surface area contributed by atoms with Crippen LogP contribution >= 0.6 is 0 Å². The third-order valence-corrected chi connectivity index (χ3v) is 4.06. The first kappa shape index (κ1) is 15.7. The number of allylic oxidation sites excluding steroid dienone is 1. The number of benzene rings is 2. The minimum Gasteiger partial charge on any atom is -0.868 e. The monoisotopic (exact) mass is 328 g/mol. The standard InChI is InChI=1S/C17H12FNO5/c1-8-10(6-9-2-4-13(20)12(7-9)19(23)24)17(22)16-14(21)5-3-11(18)15(8)16/h2-8,20-21H,1H3/p-1/b10-6+/t8-/m1/s1. The zero-order valence-electron chi connectivity index (χ0n) is 12.4. The SMILES string of the molecule is C[C@@H]1/C(=C\c2ccc([O-])c([N+](=O)[O-])c2)C(=O)c2c(O)ccc(F)c21. The van der Waals surface area contributed by atoms with E-state index in [0.29, 0.717) is 0 Å². The van der Waals surface area contributed by atoms with Gasteiger partial charge in [0, 0.05) is 23.1 Å². The van der Waals surface area contributed by atoms with Crippen molar-refractivity contribution in [3.63, 3.8) is 0 Å². The molecule has 0 radical (unpaired) electrons. The molecular formula is C17H11FNO5-. The fraction of sp³-hybridized carbons (Fsp3) is 0.118. The molecule has 0 aliphatic heterocycles. The fourth-order valence-electron chi connectivity index (χ4n) is 2.88. The van der Waals surface area contributed by atoms with Crippen LogP contribution in [0, 0.1) is 15.9 Å². The van der Waals surface area contributed by atoms with Crippen LogP contribution in [-0.2, 0) is 0 Å². The molecule has 24 heavy (non-hydrogen) atoms. The summed E-state index contributed by atoms with van der Waals surface area (Å²) in [6, 6.07) is 5.65. The Bertz CT molecular complexity index is 919. The van der Waals surface area contributed by atoms with Gasteiger partial charge < -0.3 is 10.2 Å². The fourth-order valence-corrected chi connectivity index (χ4v) is 2.88. The topological polar surface area (TPSA) is 104 Å². The summed E-state index contributed by atoms with van der Waals surface area (Å²) < 4.78 is 14.0. The zero-order valence-corrected chi connectivity index (χ0v) is 12.4. The second kappa shape index (κ2) is 5.45. The predicted molar refractivity (Wildman–Crippen MR) is 81.3 cm³/mol. The van der Waals surface area contributed by atoms with E-state index in [1.54, 1.807) is 6.92 Å². The van der Waals surface area contributed by atoms with Gasteiger partial charge in [-0.15, -0.1) is 0 Å². The molecule has 0 unspecified atom stereocenters. The molecule has 1 aliphatic carbocycles. The van der Waals surface area contributed by atoms with E-state index in [9.17, 15) is 29.5 Å². The molecule has 1 atom stereocenters. The number of phenolic OH excluding ortho intramolecular Hbond substituents is 1. The second-order valence-electron chi connectivity index (χ2n) is 5.49. The Morgan fingerprint density at radius 2 is 2.00 bits per heavy atom. The smallest absolute Gasteiger partial charge is 0.262 e. The van der Waals surface area contributed by atoms with Gasteiger partial charge in [-0.3, -0.25) is 14.9 Å². The van der Waals surface area contributed by atoms with Crippen LogP contribution in [0.5, 0.6) is 11.5 Å². The number of ketones is 1. The highest BCUT2D eigenvalue weighted by Gasteiger charge is 2.36. The third-order valence-electron chi connectivity index (χ3n) is 4.06. The van der Waals surface area contributed by atoms with E-state index in [2.05, 4.69) is 0 Å². The van der Waals surface area contributed by atoms with Crippen molar-refractivity contribution in [1.82, 2.24) is 0 Å². The molecule has 0 bridgehead atoms. The summed E-state index contributed by atoms with van der Waals surface area (Å²) in [6.45, 7) is 1.61. The number of hydrogen-bond acceptors (Lipinski definition) is 5. The molecule has 0 fully saturated rings. The molecule has 1 N–H and O–H groups in total. The summed E-state index contributed by atoms with van der Waals surface area (Å²) in [5.41, 5.74) is -0.124. The minimum absolute atomic E-state index is 0.0938. The highest BCUT2D eigenvalue weighted by molar-refractivity contribution is 6.18. The highest BCUT2D eigenvalue weighted by Crippen LogP contribution is 2.43. The number of rotatable bonds is 2. The molecule has 1 aliphatic rings. The molecule has 0 spiro atoms. The van der Waals surface area contributed by atoms with E-state index in [1.807, 2.05) is 0 Å². The highest BCUT2D eigenvalue weighted by atomic mass is 19.1. The van der Waals surface area contributed by atoms with Crippen molar-refractivity contribution in [2.45, 2.75) is 12.8 Å². The molecule has 3 rings (SSSR count). The molecule has 0 saturated carbocycles. The number of hydrogen-bond donors (Lipinski definition) is 1. The number of aromatic hydroxyl groups is 1. The molecule has 6 nitrogen and oxygen atoms in total. The van der Waals surface area contributed by atoms with Crippen LogP contribution in [0.3, 0.4) is 0 Å². The summed E-state index contributed by atoms with van der Waals surface area (Å²) in [4.78, 5) is 22.5. The Kier molecular flexibility index (Phi) is 3.56. The lowest BCUT2D eigenvalue weighted by Gasteiger charge is -2.09. The molecule has 0 amide bonds. The van der Waals surface area contributed by atoms with E-state index in [-0.39, 0.29) is 28.0 Å². The molecule has 2 aromatic carbocycles. The van der Waals surface area contributed by atoms with Crippen molar-refractivity contribution in [2.75, 3.05) is 0 Å². The van der Waals surface area contributed by atoms with Gasteiger partial charge >= 0.3 is 0 Å². The average Bonchev–Trinajstić information content (AvgIpc) is 2.78. The van der Waals surface area contributed by atoms with Gasteiger partial charge in [-0.25, -0.2) is 4.39 Å². The maximum Gasteiger partial charge on any atom is 0.262 e. The molecule has 2 aromatic rings. The first-order chi connectivity index (χ1) is 11.3. The molecular weight excluding hydrogens is 317 g/mol. The van der Waals surface area contributed by atoms with Gasteiger partial charge in [0.2, 0.25) is 0 Å². The van der Waals surface area contributed by atoms with Crippen LogP contribution in [0.4, 0.5) is 10.1 Å². The van der Waals surface area contributed by atoms with Crippen LogP contribution in [0.1, 0.15) is 34.3 Å². The van der Waals surface area contributed by atoms with Crippen molar-refractivity contribution >= 4 is 17.5 Å². The summed E-state index contributed by atoms with van der Waals surface area (Å²) >= 11 is 0. The summed E-state index contributed by atoms with van der Waals surface area (Å²) in [5, 5.41) is 32.1. The summed E-state index contributed by atoms with van der Waals surface area (Å²) in [6.07, 6.45) is 1.37. The Morgan fingerprint density at radius 1 is 1.29 bits per heavy atom. The van der Waals surface area contributed by atoms with E-state index in [1.165, 1.54) is 12.1 Å². The van der Waals surface area contributed by atoms with Crippen molar-refractivity contribution in [1.29, 1.82) is 0 Å². The van der Waals surface area contributed by atoms with E-state index in [4.69, 9.17) is 0 Å². The summed E-state index contributed by atoms with van der Waals surface area (Å²) in [7, 11) is 0. The van der Waals surface area contributed by atoms with E-state index in [0.717, 1.165) is 24.3 Å². The molecule has 0 aromatic heterocycles. The zero-order chi connectivity index (χ0) is 17.6. The van der Waals surface area contributed by atoms with Crippen molar-refractivity contribution in [2.24, 2.45) is 0 Å². The molecule has 7 heteroatoms. The van der Waals surface area contributed by atoms with Gasteiger partial charge in [0.15, 0.2) is 5.78 Å². The van der Waals surface area contributed by atoms with Crippen LogP contribution in [0.25, 0.3) is 6.08 Å². The number of nitro groups is 1. The lowest BCUT2D eigenvalue weighted by Crippen LogP contribution is -2.00. The summed E-state index contributed by atoms with van der Waals surface area (Å²) in [5.74, 6) is -2.81. The average molecular weight is 328 g/mol. The maximum atomic E-state index is 14.0. The number of carbonyl (C=O) groups is 1. The van der Waals surface area contributed by atoms with Gasteiger partial charge in [-0.05, 0) is 29.5 Å². The number of phenols is 1. The quantitative estimate of drug-likeness (QED) is 0.518. The largest absolute Gasteiger partial charge is 0.868 e. The van der Waals surface area contributed by atoms with Crippen molar-refractivity contribution in [3.05, 3.63) is 68.5 Å². The third kappa shape index (κ3) is 2.30. The van der Waals surface area contributed by atoms with E-state index >= 15 is 0 Å². The number of nitro benzene ring substituents is 1. The van der Waals surface area contributed by atoms with Gasteiger partial charge in [-0.2, -0.15) is 0 Å². The van der Waals surface area contributed by atoms with Crippen molar-refractivity contribution < 1.29 is 24.3 Å². The Hall–Kier alpha value is -3.22.